The van der Waals surface area contributed by atoms with Crippen LogP contribution in [-0.4, -0.2) is 9.72 Å². The lowest BCUT2D eigenvalue weighted by atomic mass is 10.2. The van der Waals surface area contributed by atoms with Crippen molar-refractivity contribution in [3.8, 4) is 0 Å². The van der Waals surface area contributed by atoms with E-state index in [1.165, 1.54) is 17.0 Å². The molecule has 4 nitrogen and oxygen atoms in total. The van der Waals surface area contributed by atoms with E-state index in [2.05, 4.69) is 42.0 Å². The molecule has 0 unspecified atom stereocenters. The van der Waals surface area contributed by atoms with E-state index >= 15 is 0 Å². The highest BCUT2D eigenvalue weighted by Gasteiger charge is 2.06. The van der Waals surface area contributed by atoms with Crippen molar-refractivity contribution in [2.45, 2.75) is 33.9 Å². The minimum absolute atomic E-state index is 0.716. The summed E-state index contributed by atoms with van der Waals surface area (Å²) in [5.74, 6) is 0.882. The maximum Gasteiger partial charge on any atom is 0.150 e. The Morgan fingerprint density at radius 1 is 1.24 bits per heavy atom. The smallest absolute Gasteiger partial charge is 0.150 e. The van der Waals surface area contributed by atoms with E-state index in [-0.39, 0.29) is 0 Å². The second kappa shape index (κ2) is 4.75. The molecule has 0 radical (unpaired) electrons. The first-order valence-electron chi connectivity index (χ1n) is 5.82. The predicted octanol–water partition coefficient (Wildman–Crippen LogP) is 2.23. The molecule has 0 saturated carbocycles. The summed E-state index contributed by atoms with van der Waals surface area (Å²) in [5.41, 5.74) is 4.85. The lowest BCUT2D eigenvalue weighted by Gasteiger charge is -2.03. The molecule has 1 N–H and O–H groups in total. The average Bonchev–Trinajstić information content (AvgIpc) is 2.80. The second-order valence-electron chi connectivity index (χ2n) is 4.49. The van der Waals surface area contributed by atoms with Crippen LogP contribution in [0.1, 0.15) is 28.4 Å². The fourth-order valence-electron chi connectivity index (χ4n) is 1.93. The molecule has 2 heterocycles. The average molecular weight is 233 g/mol. The van der Waals surface area contributed by atoms with Gasteiger partial charge in [0.05, 0.1) is 12.2 Å². The van der Waals surface area contributed by atoms with Crippen LogP contribution in [0, 0.1) is 20.8 Å². The molecule has 0 saturated heterocycles. The zero-order chi connectivity index (χ0) is 12.4. The molecule has 0 aliphatic rings. The van der Waals surface area contributed by atoms with Crippen LogP contribution < -0.4 is 5.32 Å². The highest BCUT2D eigenvalue weighted by Crippen LogP contribution is 2.13. The third-order valence-electron chi connectivity index (χ3n) is 3.17. The molecule has 0 aliphatic heterocycles. The molecule has 0 aliphatic carbocycles. The maximum absolute atomic E-state index is 5.14. The first-order chi connectivity index (χ1) is 8.08. The Bertz CT molecular complexity index is 511. The second-order valence-corrected chi connectivity index (χ2v) is 4.49. The van der Waals surface area contributed by atoms with E-state index in [1.54, 1.807) is 0 Å². The summed E-state index contributed by atoms with van der Waals surface area (Å²) in [6.45, 7) is 7.76. The Hall–Kier alpha value is -1.55. The van der Waals surface area contributed by atoms with Gasteiger partial charge in [0.2, 0.25) is 0 Å². The topological polar surface area (TPSA) is 43.0 Å². The Kier molecular flexibility index (Phi) is 3.33. The van der Waals surface area contributed by atoms with Crippen LogP contribution in [-0.2, 0) is 20.1 Å². The van der Waals surface area contributed by atoms with Crippen LogP contribution in [0.2, 0.25) is 0 Å². The van der Waals surface area contributed by atoms with Crippen molar-refractivity contribution in [2.75, 3.05) is 0 Å². The third-order valence-corrected chi connectivity index (χ3v) is 3.17. The fraction of sp³-hybridized carbons (Fsp3) is 0.462. The van der Waals surface area contributed by atoms with Crippen LogP contribution in [0.5, 0.6) is 0 Å². The molecule has 2 rings (SSSR count). The Morgan fingerprint density at radius 3 is 2.53 bits per heavy atom. The van der Waals surface area contributed by atoms with Gasteiger partial charge >= 0.3 is 0 Å². The molecule has 0 amide bonds. The van der Waals surface area contributed by atoms with Crippen molar-refractivity contribution >= 4 is 0 Å². The molecule has 0 aromatic carbocycles. The lowest BCUT2D eigenvalue weighted by Crippen LogP contribution is -2.12. The fourth-order valence-corrected chi connectivity index (χ4v) is 1.93. The van der Waals surface area contributed by atoms with Gasteiger partial charge in [-0.2, -0.15) is 0 Å². The molecule has 2 aromatic heterocycles. The summed E-state index contributed by atoms with van der Waals surface area (Å²) < 4.78 is 7.35. The predicted molar refractivity (Wildman–Crippen MR) is 66.7 cm³/mol. The summed E-state index contributed by atoms with van der Waals surface area (Å²) in [5, 5.41) is 7.22. The van der Waals surface area contributed by atoms with Crippen molar-refractivity contribution in [1.82, 2.24) is 15.0 Å². The van der Waals surface area contributed by atoms with Gasteiger partial charge in [0.25, 0.3) is 0 Å². The number of aromatic nitrogens is 2. The van der Waals surface area contributed by atoms with Gasteiger partial charge in [-0.15, -0.1) is 0 Å². The van der Waals surface area contributed by atoms with E-state index in [0.717, 1.165) is 18.0 Å². The van der Waals surface area contributed by atoms with Gasteiger partial charge in [-0.1, -0.05) is 5.16 Å². The summed E-state index contributed by atoms with van der Waals surface area (Å²) in [6.07, 6.45) is 0. The molecule has 0 atom stereocenters. The molecule has 2 aromatic rings. The molecule has 17 heavy (non-hydrogen) atoms. The van der Waals surface area contributed by atoms with Gasteiger partial charge in [0, 0.05) is 31.0 Å². The van der Waals surface area contributed by atoms with E-state index in [9.17, 15) is 0 Å². The largest absolute Gasteiger partial charge is 0.360 e. The monoisotopic (exact) mass is 233 g/mol. The quantitative estimate of drug-likeness (QED) is 0.880. The molecular formula is C13H19N3O. The van der Waals surface area contributed by atoms with Gasteiger partial charge in [-0.3, -0.25) is 0 Å². The summed E-state index contributed by atoms with van der Waals surface area (Å²) in [7, 11) is 2.09. The van der Waals surface area contributed by atoms with Crippen molar-refractivity contribution in [1.29, 1.82) is 0 Å². The molecule has 4 heteroatoms. The lowest BCUT2D eigenvalue weighted by molar-refractivity contribution is 0.369. The van der Waals surface area contributed by atoms with E-state index in [0.29, 0.717) is 6.54 Å². The molecule has 0 fully saturated rings. The van der Waals surface area contributed by atoms with Crippen molar-refractivity contribution in [3.63, 3.8) is 0 Å². The summed E-state index contributed by atoms with van der Waals surface area (Å²) in [4.78, 5) is 0. The number of hydrogen-bond donors (Lipinski definition) is 1. The number of rotatable bonds is 4. The van der Waals surface area contributed by atoms with E-state index in [1.807, 2.05) is 13.0 Å². The number of nitrogens with one attached hydrogen (secondary N) is 1. The highest BCUT2D eigenvalue weighted by molar-refractivity contribution is 5.26. The van der Waals surface area contributed by atoms with Gasteiger partial charge in [0.1, 0.15) is 0 Å². The zero-order valence-electron chi connectivity index (χ0n) is 10.9. The van der Waals surface area contributed by atoms with E-state index in [4.69, 9.17) is 4.52 Å². The molecule has 0 spiro atoms. The van der Waals surface area contributed by atoms with Gasteiger partial charge < -0.3 is 14.4 Å². The highest BCUT2D eigenvalue weighted by atomic mass is 16.5. The minimum Gasteiger partial charge on any atom is -0.360 e. The molecule has 92 valence electrons. The van der Waals surface area contributed by atoms with Gasteiger partial charge in [-0.05, 0) is 32.4 Å². The van der Waals surface area contributed by atoms with E-state index < -0.39 is 0 Å². The van der Waals surface area contributed by atoms with Crippen LogP contribution in [0.15, 0.2) is 16.7 Å². The summed E-state index contributed by atoms with van der Waals surface area (Å²) >= 11 is 0. The molecular weight excluding hydrogens is 214 g/mol. The summed E-state index contributed by atoms with van der Waals surface area (Å²) in [6, 6.07) is 4.17. The van der Waals surface area contributed by atoms with Gasteiger partial charge in [-0.25, -0.2) is 0 Å². The van der Waals surface area contributed by atoms with Crippen LogP contribution in [0.4, 0.5) is 0 Å². The first-order valence-corrected chi connectivity index (χ1v) is 5.82. The zero-order valence-corrected chi connectivity index (χ0v) is 10.9. The van der Waals surface area contributed by atoms with Crippen molar-refractivity contribution < 1.29 is 4.52 Å². The molecule has 0 bridgehead atoms. The maximum atomic E-state index is 5.14. The SMILES string of the molecule is Cc1cc(CNCc2cc(C)n(C)c2C)on1. The van der Waals surface area contributed by atoms with Crippen molar-refractivity contribution in [2.24, 2.45) is 7.05 Å². The van der Waals surface area contributed by atoms with Crippen LogP contribution in [0.25, 0.3) is 0 Å². The van der Waals surface area contributed by atoms with Crippen LogP contribution in [0.3, 0.4) is 0 Å². The Balaban J connectivity index is 1.92. The van der Waals surface area contributed by atoms with Crippen LogP contribution >= 0.6 is 0 Å². The normalized spacial score (nSPS) is 11.1. The van der Waals surface area contributed by atoms with Crippen molar-refractivity contribution in [3.05, 3.63) is 40.5 Å². The number of nitrogens with zero attached hydrogens (tertiary/aromatic N) is 2. The first kappa shape index (κ1) is 11.9. The number of hydrogen-bond acceptors (Lipinski definition) is 3. The Morgan fingerprint density at radius 2 is 2.00 bits per heavy atom. The third kappa shape index (κ3) is 2.58. The standard InChI is InChI=1S/C13H19N3O/c1-9-5-13(17-15-9)8-14-7-12-6-10(2)16(4)11(12)3/h5-6,14H,7-8H2,1-4H3. The number of aryl methyl sites for hydroxylation is 2. The Labute approximate surface area is 102 Å². The van der Waals surface area contributed by atoms with Gasteiger partial charge in [0.15, 0.2) is 5.76 Å². The minimum atomic E-state index is 0.716.